The van der Waals surface area contributed by atoms with E-state index in [-0.39, 0.29) is 5.56 Å². The van der Waals surface area contributed by atoms with Gasteiger partial charge >= 0.3 is 5.97 Å². The van der Waals surface area contributed by atoms with E-state index in [0.29, 0.717) is 17.1 Å². The maximum Gasteiger partial charge on any atom is 0.336 e. The average molecular weight is 200 g/mol. The number of aromatic carboxylic acids is 1. The van der Waals surface area contributed by atoms with Crippen LogP contribution in [-0.4, -0.2) is 16.1 Å². The molecule has 13 heavy (non-hydrogen) atoms. The van der Waals surface area contributed by atoms with E-state index in [4.69, 9.17) is 16.7 Å². The first-order valence-electron chi connectivity index (χ1n) is 4.03. The third-order valence-electron chi connectivity index (χ3n) is 1.73. The molecule has 0 amide bonds. The number of halogens is 1. The zero-order valence-electron chi connectivity index (χ0n) is 7.25. The normalized spacial score (nSPS) is 10.0. The number of carboxylic acids is 1. The summed E-state index contributed by atoms with van der Waals surface area (Å²) >= 11 is 5.78. The van der Waals surface area contributed by atoms with Crippen molar-refractivity contribution in [3.05, 3.63) is 28.5 Å². The number of rotatable bonds is 3. The first-order chi connectivity index (χ1) is 6.16. The molecule has 0 radical (unpaired) electrons. The molecule has 1 heterocycles. The van der Waals surface area contributed by atoms with Crippen LogP contribution in [-0.2, 0) is 6.42 Å². The van der Waals surface area contributed by atoms with Gasteiger partial charge < -0.3 is 5.11 Å². The van der Waals surface area contributed by atoms with Crippen LogP contribution in [0.3, 0.4) is 0 Å². The van der Waals surface area contributed by atoms with Crippen molar-refractivity contribution in [2.24, 2.45) is 0 Å². The topological polar surface area (TPSA) is 50.2 Å². The molecule has 0 saturated carbocycles. The van der Waals surface area contributed by atoms with Crippen LogP contribution in [0.25, 0.3) is 0 Å². The molecular weight excluding hydrogens is 190 g/mol. The Morgan fingerprint density at radius 1 is 1.69 bits per heavy atom. The molecule has 3 nitrogen and oxygen atoms in total. The predicted octanol–water partition coefficient (Wildman–Crippen LogP) is 2.39. The van der Waals surface area contributed by atoms with Gasteiger partial charge in [-0.3, -0.25) is 0 Å². The maximum absolute atomic E-state index is 10.8. The summed E-state index contributed by atoms with van der Waals surface area (Å²) in [6.07, 6.45) is 2.91. The highest BCUT2D eigenvalue weighted by Gasteiger charge is 2.12. The van der Waals surface area contributed by atoms with E-state index in [9.17, 15) is 4.79 Å². The van der Waals surface area contributed by atoms with E-state index >= 15 is 0 Å². The molecule has 70 valence electrons. The van der Waals surface area contributed by atoms with Gasteiger partial charge in [0, 0.05) is 11.8 Å². The summed E-state index contributed by atoms with van der Waals surface area (Å²) < 4.78 is 0. The molecule has 0 aromatic carbocycles. The summed E-state index contributed by atoms with van der Waals surface area (Å²) in [4.78, 5) is 14.6. The Bertz CT molecular complexity index is 325. The van der Waals surface area contributed by atoms with Crippen molar-refractivity contribution in [1.82, 2.24) is 4.98 Å². The van der Waals surface area contributed by atoms with Gasteiger partial charge in [-0.1, -0.05) is 24.9 Å². The van der Waals surface area contributed by atoms with Crippen molar-refractivity contribution in [2.75, 3.05) is 0 Å². The molecule has 1 aromatic rings. The number of hydrogen-bond acceptors (Lipinski definition) is 2. The highest BCUT2D eigenvalue weighted by Crippen LogP contribution is 2.18. The molecule has 0 aliphatic rings. The fourth-order valence-electron chi connectivity index (χ4n) is 1.16. The van der Waals surface area contributed by atoms with Gasteiger partial charge in [0.1, 0.15) is 5.15 Å². The second-order valence-electron chi connectivity index (χ2n) is 2.68. The fraction of sp³-hybridized carbons (Fsp3) is 0.333. The number of hydrogen-bond donors (Lipinski definition) is 1. The summed E-state index contributed by atoms with van der Waals surface area (Å²) in [5.41, 5.74) is 0.876. The van der Waals surface area contributed by atoms with E-state index in [1.54, 1.807) is 0 Å². The van der Waals surface area contributed by atoms with E-state index < -0.39 is 5.97 Å². The minimum Gasteiger partial charge on any atom is -0.478 e. The smallest absolute Gasteiger partial charge is 0.336 e. The minimum absolute atomic E-state index is 0.252. The van der Waals surface area contributed by atoms with Crippen molar-refractivity contribution in [3.8, 4) is 0 Å². The summed E-state index contributed by atoms with van der Waals surface area (Å²) in [7, 11) is 0. The van der Waals surface area contributed by atoms with Crippen LogP contribution in [0.5, 0.6) is 0 Å². The third-order valence-corrected chi connectivity index (χ3v) is 2.06. The van der Waals surface area contributed by atoms with Gasteiger partial charge in [0.2, 0.25) is 0 Å². The van der Waals surface area contributed by atoms with Crippen LogP contribution in [0.2, 0.25) is 5.15 Å². The summed E-state index contributed by atoms with van der Waals surface area (Å²) in [6, 6.07) is 1.47. The molecule has 0 unspecified atom stereocenters. The Hall–Kier alpha value is -1.09. The first kappa shape index (κ1) is 9.99. The van der Waals surface area contributed by atoms with Gasteiger partial charge in [0.15, 0.2) is 0 Å². The van der Waals surface area contributed by atoms with E-state index in [1.807, 2.05) is 6.92 Å². The number of nitrogens with zero attached hydrogens (tertiary/aromatic N) is 1. The lowest BCUT2D eigenvalue weighted by Crippen LogP contribution is -2.03. The van der Waals surface area contributed by atoms with Crippen LogP contribution in [0, 0.1) is 0 Å². The third kappa shape index (κ3) is 2.18. The largest absolute Gasteiger partial charge is 0.478 e. The maximum atomic E-state index is 10.8. The lowest BCUT2D eigenvalue weighted by atomic mass is 10.1. The van der Waals surface area contributed by atoms with Crippen molar-refractivity contribution in [2.45, 2.75) is 19.8 Å². The Kier molecular flexibility index (Phi) is 3.25. The van der Waals surface area contributed by atoms with Gasteiger partial charge in [-0.2, -0.15) is 0 Å². The highest BCUT2D eigenvalue weighted by molar-refractivity contribution is 6.30. The monoisotopic (exact) mass is 199 g/mol. The standard InChI is InChI=1S/C9H10ClNO2/c1-2-3-6-7(9(12)13)4-5-11-8(6)10/h4-5H,2-3H2,1H3,(H,12,13). The Labute approximate surface area is 81.4 Å². The Morgan fingerprint density at radius 2 is 2.38 bits per heavy atom. The van der Waals surface area contributed by atoms with Crippen LogP contribution < -0.4 is 0 Å². The van der Waals surface area contributed by atoms with Gasteiger partial charge in [-0.05, 0) is 12.5 Å². The van der Waals surface area contributed by atoms with Gasteiger partial charge in [-0.15, -0.1) is 0 Å². The molecule has 0 fully saturated rings. The van der Waals surface area contributed by atoms with Gasteiger partial charge in [0.25, 0.3) is 0 Å². The predicted molar refractivity (Wildman–Crippen MR) is 50.2 cm³/mol. The molecule has 1 rings (SSSR count). The highest BCUT2D eigenvalue weighted by atomic mass is 35.5. The van der Waals surface area contributed by atoms with Crippen molar-refractivity contribution in [3.63, 3.8) is 0 Å². The Morgan fingerprint density at radius 3 is 2.92 bits per heavy atom. The molecular formula is C9H10ClNO2. The molecule has 0 aliphatic heterocycles. The zero-order valence-corrected chi connectivity index (χ0v) is 8.01. The second-order valence-corrected chi connectivity index (χ2v) is 3.04. The minimum atomic E-state index is -0.951. The van der Waals surface area contributed by atoms with E-state index in [0.717, 1.165) is 6.42 Å². The lowest BCUT2D eigenvalue weighted by Gasteiger charge is -2.05. The summed E-state index contributed by atoms with van der Waals surface area (Å²) in [6.45, 7) is 1.97. The second kappa shape index (κ2) is 4.23. The summed E-state index contributed by atoms with van der Waals surface area (Å²) in [5.74, 6) is -0.951. The van der Waals surface area contributed by atoms with Crippen molar-refractivity contribution >= 4 is 17.6 Å². The number of aromatic nitrogens is 1. The molecule has 0 bridgehead atoms. The lowest BCUT2D eigenvalue weighted by molar-refractivity contribution is 0.0695. The summed E-state index contributed by atoms with van der Waals surface area (Å²) in [5, 5.41) is 9.12. The average Bonchev–Trinajstić information content (AvgIpc) is 2.08. The molecule has 0 saturated heterocycles. The van der Waals surface area contributed by atoms with Crippen LogP contribution >= 0.6 is 11.6 Å². The quantitative estimate of drug-likeness (QED) is 0.761. The number of carbonyl (C=O) groups is 1. The van der Waals surface area contributed by atoms with Gasteiger partial charge in [-0.25, -0.2) is 9.78 Å². The molecule has 1 aromatic heterocycles. The van der Waals surface area contributed by atoms with E-state index in [2.05, 4.69) is 4.98 Å². The van der Waals surface area contributed by atoms with E-state index in [1.165, 1.54) is 12.3 Å². The fourth-order valence-corrected chi connectivity index (χ4v) is 1.41. The Balaban J connectivity index is 3.17. The van der Waals surface area contributed by atoms with Crippen molar-refractivity contribution < 1.29 is 9.90 Å². The molecule has 4 heteroatoms. The van der Waals surface area contributed by atoms with Gasteiger partial charge in [0.05, 0.1) is 5.56 Å². The molecule has 0 aliphatic carbocycles. The van der Waals surface area contributed by atoms with Crippen LogP contribution in [0.4, 0.5) is 0 Å². The van der Waals surface area contributed by atoms with Crippen LogP contribution in [0.1, 0.15) is 29.3 Å². The SMILES string of the molecule is CCCc1c(C(=O)O)ccnc1Cl. The van der Waals surface area contributed by atoms with Crippen molar-refractivity contribution in [1.29, 1.82) is 0 Å². The molecule has 0 spiro atoms. The first-order valence-corrected chi connectivity index (χ1v) is 4.41. The number of carboxylic acid groups (broad SMARTS) is 1. The molecule has 1 N–H and O–H groups in total. The molecule has 0 atom stereocenters. The van der Waals surface area contributed by atoms with Crippen LogP contribution in [0.15, 0.2) is 12.3 Å². The zero-order chi connectivity index (χ0) is 9.84. The number of pyridine rings is 1.